The van der Waals surface area contributed by atoms with Crippen LogP contribution in [0.4, 0.5) is 16.3 Å². The maximum atomic E-state index is 13.9. The maximum Gasteiger partial charge on any atom is 0.509 e. The predicted octanol–water partition coefficient (Wildman–Crippen LogP) is 6.75. The van der Waals surface area contributed by atoms with Crippen molar-refractivity contribution in [1.82, 2.24) is 14.2 Å². The van der Waals surface area contributed by atoms with Crippen LogP contribution in [0.3, 0.4) is 0 Å². The van der Waals surface area contributed by atoms with E-state index in [0.29, 0.717) is 5.02 Å². The van der Waals surface area contributed by atoms with E-state index in [2.05, 4.69) is 60.9 Å². The third-order valence-electron chi connectivity index (χ3n) is 9.60. The van der Waals surface area contributed by atoms with Crippen LogP contribution in [-0.2, 0) is 22.4 Å². The fourth-order valence-electron chi connectivity index (χ4n) is 6.76. The van der Waals surface area contributed by atoms with Crippen LogP contribution in [0.25, 0.3) is 10.1 Å². The minimum atomic E-state index is -0.758. The number of hydrogen-bond acceptors (Lipinski definition) is 7. The molecule has 2 aliphatic heterocycles. The summed E-state index contributed by atoms with van der Waals surface area (Å²) in [6.07, 6.45) is 0.641. The molecule has 2 atom stereocenters. The van der Waals surface area contributed by atoms with Crippen LogP contribution in [0.1, 0.15) is 59.1 Å². The zero-order valence-corrected chi connectivity index (χ0v) is 30.7. The van der Waals surface area contributed by atoms with Gasteiger partial charge in [0.15, 0.2) is 6.23 Å². The van der Waals surface area contributed by atoms with Crippen molar-refractivity contribution in [2.75, 3.05) is 56.6 Å². The van der Waals surface area contributed by atoms with Crippen LogP contribution < -0.4 is 9.80 Å². The van der Waals surface area contributed by atoms with Gasteiger partial charge >= 0.3 is 6.09 Å². The molecule has 2 unspecified atom stereocenters. The number of halogens is 1. The first-order chi connectivity index (χ1) is 22.4. The summed E-state index contributed by atoms with van der Waals surface area (Å²) in [6.45, 7) is 16.9. The van der Waals surface area contributed by atoms with Gasteiger partial charge in [-0.3, -0.25) is 19.2 Å². The van der Waals surface area contributed by atoms with Crippen molar-refractivity contribution in [3.8, 4) is 0 Å². The van der Waals surface area contributed by atoms with Gasteiger partial charge in [-0.1, -0.05) is 64.4 Å². The van der Waals surface area contributed by atoms with E-state index in [1.807, 2.05) is 45.5 Å². The van der Waals surface area contributed by atoms with Gasteiger partial charge in [-0.25, -0.2) is 0 Å². The van der Waals surface area contributed by atoms with E-state index in [4.69, 9.17) is 20.7 Å². The standard InChI is InChI=1S/C36H50ClN6O3S/c1-9-30(23(2)3)42(25(6)39(7)8)36(45)46-35(24(4)5)43-31-22-29(37)26(20-27(31)21-33(43)44)14-15-40-16-18-41(19-17-40)34-28-12-10-11-13-32(28)47-38-34/h10-13,20,22-24,30,35H,9,14-19,21H2,1-8H3/q+1. The molecule has 1 aromatic heterocycles. The van der Waals surface area contributed by atoms with Crippen molar-refractivity contribution in [1.29, 1.82) is 0 Å². The molecule has 2 aliphatic rings. The van der Waals surface area contributed by atoms with E-state index in [0.717, 1.165) is 74.0 Å². The van der Waals surface area contributed by atoms with E-state index in [1.54, 1.807) is 21.3 Å². The number of hydrogen-bond donors (Lipinski definition) is 0. The third kappa shape index (κ3) is 7.44. The van der Waals surface area contributed by atoms with Crippen LogP contribution in [0.2, 0.25) is 5.02 Å². The van der Waals surface area contributed by atoms with Crippen LogP contribution in [0.15, 0.2) is 36.4 Å². The topological polar surface area (TPSA) is 72.2 Å². The second-order valence-electron chi connectivity index (χ2n) is 13.6. The summed E-state index contributed by atoms with van der Waals surface area (Å²) in [7, 11) is 3.85. The number of aromatic nitrogens is 1. The van der Waals surface area contributed by atoms with Crippen LogP contribution in [0.5, 0.6) is 0 Å². The minimum absolute atomic E-state index is 0.0357. The fraction of sp³-hybridized carbons (Fsp3) is 0.556. The molecule has 0 spiro atoms. The van der Waals surface area contributed by atoms with E-state index >= 15 is 0 Å². The number of piperazine rings is 1. The Kier molecular flexibility index (Phi) is 11.1. The Bertz CT molecular complexity index is 1630. The molecule has 5 rings (SSSR count). The number of ether oxygens (including phenoxy) is 1. The van der Waals surface area contributed by atoms with Gasteiger partial charge in [-0.05, 0) is 59.6 Å². The SMILES string of the molecule is CCC(C(C)C)N(C(=O)OC(C(C)C)N1C(=O)Cc2cc(CCN3CCN(c4nsc5ccccc45)CC3)c(Cl)cc21)C(C)=[N+](C)C. The highest BCUT2D eigenvalue weighted by atomic mass is 35.5. The first kappa shape index (κ1) is 35.1. The first-order valence-electron chi connectivity index (χ1n) is 16.9. The predicted molar refractivity (Wildman–Crippen MR) is 193 cm³/mol. The highest BCUT2D eigenvalue weighted by Crippen LogP contribution is 2.38. The zero-order valence-electron chi connectivity index (χ0n) is 29.1. The summed E-state index contributed by atoms with van der Waals surface area (Å²) in [5.74, 6) is 1.91. The van der Waals surface area contributed by atoms with Gasteiger partial charge in [0.25, 0.3) is 5.84 Å². The van der Waals surface area contributed by atoms with Crippen molar-refractivity contribution in [2.45, 2.75) is 73.1 Å². The summed E-state index contributed by atoms with van der Waals surface area (Å²) in [6, 6.07) is 12.4. The van der Waals surface area contributed by atoms with Crippen molar-refractivity contribution < 1.29 is 18.9 Å². The molecule has 3 aromatic rings. The molecule has 0 radical (unpaired) electrons. The lowest BCUT2D eigenvalue weighted by Gasteiger charge is -2.35. The van der Waals surface area contributed by atoms with E-state index in [1.165, 1.54) is 10.1 Å². The molecule has 2 amide bonds. The Hall–Kier alpha value is -3.21. The quantitative estimate of drug-likeness (QED) is 0.134. The first-order valence-corrected chi connectivity index (χ1v) is 18.0. The molecule has 1 fully saturated rings. The summed E-state index contributed by atoms with van der Waals surface area (Å²) in [4.78, 5) is 35.7. The Labute approximate surface area is 288 Å². The summed E-state index contributed by atoms with van der Waals surface area (Å²) in [5.41, 5.74) is 2.70. The molecule has 0 N–H and O–H groups in total. The number of amides is 2. The summed E-state index contributed by atoms with van der Waals surface area (Å²) < 4.78 is 14.1. The molecule has 254 valence electrons. The normalized spacial score (nSPS) is 16.6. The molecule has 3 heterocycles. The Morgan fingerprint density at radius 3 is 2.43 bits per heavy atom. The highest BCUT2D eigenvalue weighted by molar-refractivity contribution is 7.13. The molecular formula is C36H50ClN6O3S+. The highest BCUT2D eigenvalue weighted by Gasteiger charge is 2.42. The molecule has 1 saturated heterocycles. The van der Waals surface area contributed by atoms with Gasteiger partial charge in [0.05, 0.1) is 30.9 Å². The van der Waals surface area contributed by atoms with Crippen molar-refractivity contribution in [3.63, 3.8) is 0 Å². The van der Waals surface area contributed by atoms with Crippen molar-refractivity contribution in [2.24, 2.45) is 11.8 Å². The lowest BCUT2D eigenvalue weighted by atomic mass is 10.00. The smallest absolute Gasteiger partial charge is 0.406 e. The second kappa shape index (κ2) is 14.9. The number of amidine groups is 1. The van der Waals surface area contributed by atoms with Crippen LogP contribution in [0, 0.1) is 11.8 Å². The van der Waals surface area contributed by atoms with Gasteiger partial charge < -0.3 is 9.64 Å². The molecule has 2 aromatic carbocycles. The summed E-state index contributed by atoms with van der Waals surface area (Å²) >= 11 is 8.46. The second-order valence-corrected chi connectivity index (χ2v) is 14.9. The Balaban J connectivity index is 1.27. The molecule has 11 heteroatoms. The number of carbonyl (C=O) groups excluding carboxylic acids is 2. The van der Waals surface area contributed by atoms with Gasteiger partial charge in [0.2, 0.25) is 5.91 Å². The lowest BCUT2D eigenvalue weighted by Crippen LogP contribution is -2.52. The van der Waals surface area contributed by atoms with Crippen molar-refractivity contribution in [3.05, 3.63) is 52.5 Å². The fourth-order valence-corrected chi connectivity index (χ4v) is 7.81. The number of carbonyl (C=O) groups is 2. The molecule has 0 aliphatic carbocycles. The molecule has 47 heavy (non-hydrogen) atoms. The van der Waals surface area contributed by atoms with E-state index in [-0.39, 0.29) is 30.2 Å². The molecule has 0 saturated carbocycles. The van der Waals surface area contributed by atoms with E-state index < -0.39 is 12.3 Å². The third-order valence-corrected chi connectivity index (χ3v) is 10.8. The van der Waals surface area contributed by atoms with Gasteiger partial charge in [-0.2, -0.15) is 14.1 Å². The Morgan fingerprint density at radius 2 is 1.79 bits per heavy atom. The molecule has 0 bridgehead atoms. The Morgan fingerprint density at radius 1 is 1.09 bits per heavy atom. The van der Waals surface area contributed by atoms with Crippen LogP contribution in [-0.4, -0.2) is 95.7 Å². The van der Waals surface area contributed by atoms with Gasteiger partial charge in [-0.15, -0.1) is 0 Å². The number of benzene rings is 2. The number of nitrogens with zero attached hydrogens (tertiary/aromatic N) is 6. The monoisotopic (exact) mass is 681 g/mol. The average Bonchev–Trinajstić information content (AvgIpc) is 3.60. The largest absolute Gasteiger partial charge is 0.509 e. The molecular weight excluding hydrogens is 632 g/mol. The average molecular weight is 682 g/mol. The zero-order chi connectivity index (χ0) is 34.0. The van der Waals surface area contributed by atoms with Crippen LogP contribution >= 0.6 is 23.1 Å². The molecule has 9 nitrogen and oxygen atoms in total. The number of rotatable bonds is 10. The number of anilines is 2. The lowest BCUT2D eigenvalue weighted by molar-refractivity contribution is -0.470. The van der Waals surface area contributed by atoms with Crippen molar-refractivity contribution >= 4 is 62.6 Å². The van der Waals surface area contributed by atoms with Gasteiger partial charge in [0.1, 0.15) is 11.9 Å². The maximum absolute atomic E-state index is 13.9. The number of fused-ring (bicyclic) bond motifs is 2. The van der Waals surface area contributed by atoms with Gasteiger partial charge in [0, 0.05) is 56.0 Å². The minimum Gasteiger partial charge on any atom is -0.406 e. The summed E-state index contributed by atoms with van der Waals surface area (Å²) in [5, 5.41) is 1.86. The van der Waals surface area contributed by atoms with E-state index in [9.17, 15) is 9.59 Å².